The minimum Gasteiger partial charge on any atom is -0.386 e. The highest BCUT2D eigenvalue weighted by Crippen LogP contribution is 2.46. The fourth-order valence-electron chi connectivity index (χ4n) is 2.78. The van der Waals surface area contributed by atoms with Crippen LogP contribution >= 0.6 is 11.6 Å². The Kier molecular flexibility index (Phi) is 2.35. The molecule has 1 atom stereocenters. The third-order valence-electron chi connectivity index (χ3n) is 3.71. The molecule has 4 heteroatoms. The van der Waals surface area contributed by atoms with Crippen LogP contribution in [0.25, 0.3) is 0 Å². The lowest BCUT2D eigenvalue weighted by atomic mass is 9.83. The van der Waals surface area contributed by atoms with Crippen LogP contribution in [0.5, 0.6) is 0 Å². The highest BCUT2D eigenvalue weighted by molar-refractivity contribution is 6.30. The van der Waals surface area contributed by atoms with E-state index in [4.69, 9.17) is 11.6 Å². The fraction of sp³-hybridized carbons (Fsp3) is 0.500. The van der Waals surface area contributed by atoms with Gasteiger partial charge in [-0.25, -0.2) is 0 Å². The van der Waals surface area contributed by atoms with Gasteiger partial charge in [-0.2, -0.15) is 0 Å². The Morgan fingerprint density at radius 2 is 2.06 bits per heavy atom. The molecule has 2 heterocycles. The molecule has 0 radical (unpaired) electrons. The van der Waals surface area contributed by atoms with Gasteiger partial charge in [0.15, 0.2) is 0 Å². The van der Waals surface area contributed by atoms with E-state index in [0.29, 0.717) is 5.02 Å². The van der Waals surface area contributed by atoms with E-state index in [2.05, 4.69) is 10.6 Å². The molecule has 1 spiro atoms. The number of nitrogens with one attached hydrogen (secondary N) is 2. The highest BCUT2D eigenvalue weighted by atomic mass is 35.5. The number of halogens is 1. The average Bonchev–Trinajstić information content (AvgIpc) is 2.55. The Hall–Kier alpha value is -0.770. The molecule has 1 aromatic rings. The van der Waals surface area contributed by atoms with Crippen LogP contribution < -0.4 is 10.6 Å². The first-order valence-corrected chi connectivity index (χ1v) is 6.05. The first kappa shape index (κ1) is 10.4. The van der Waals surface area contributed by atoms with Crippen molar-refractivity contribution < 1.29 is 5.11 Å². The van der Waals surface area contributed by atoms with Crippen molar-refractivity contribution >= 4 is 17.3 Å². The highest BCUT2D eigenvalue weighted by Gasteiger charge is 2.45. The molecule has 0 aliphatic carbocycles. The van der Waals surface area contributed by atoms with Crippen LogP contribution in [0.1, 0.15) is 24.5 Å². The predicted molar refractivity (Wildman–Crippen MR) is 64.9 cm³/mol. The third-order valence-corrected chi connectivity index (χ3v) is 3.95. The fourth-order valence-corrected chi connectivity index (χ4v) is 2.96. The molecule has 0 bridgehead atoms. The summed E-state index contributed by atoms with van der Waals surface area (Å²) in [5.41, 5.74) is 1.78. The van der Waals surface area contributed by atoms with Gasteiger partial charge in [0, 0.05) is 16.3 Å². The molecule has 2 aliphatic rings. The number of piperidine rings is 1. The summed E-state index contributed by atoms with van der Waals surface area (Å²) in [5, 5.41) is 17.9. The Bertz CT molecular complexity index is 415. The summed E-state index contributed by atoms with van der Waals surface area (Å²) in [4.78, 5) is 0. The van der Waals surface area contributed by atoms with E-state index in [9.17, 15) is 5.11 Å². The van der Waals surface area contributed by atoms with Crippen LogP contribution in [0.3, 0.4) is 0 Å². The van der Waals surface area contributed by atoms with Gasteiger partial charge in [0.05, 0.1) is 5.54 Å². The Balaban J connectivity index is 1.99. The van der Waals surface area contributed by atoms with Gasteiger partial charge in [0.25, 0.3) is 0 Å². The Morgan fingerprint density at radius 3 is 2.81 bits per heavy atom. The van der Waals surface area contributed by atoms with E-state index in [-0.39, 0.29) is 5.54 Å². The van der Waals surface area contributed by atoms with Crippen molar-refractivity contribution in [3.05, 3.63) is 28.8 Å². The number of hydrogen-bond acceptors (Lipinski definition) is 3. The van der Waals surface area contributed by atoms with Gasteiger partial charge in [0.2, 0.25) is 0 Å². The summed E-state index contributed by atoms with van der Waals surface area (Å²) in [6.07, 6.45) is 1.45. The van der Waals surface area contributed by atoms with Gasteiger partial charge >= 0.3 is 0 Å². The van der Waals surface area contributed by atoms with Crippen LogP contribution in [-0.4, -0.2) is 23.7 Å². The van der Waals surface area contributed by atoms with E-state index in [1.807, 2.05) is 18.2 Å². The van der Waals surface area contributed by atoms with E-state index in [1.165, 1.54) is 0 Å². The van der Waals surface area contributed by atoms with Gasteiger partial charge in [-0.3, -0.25) is 0 Å². The third kappa shape index (κ3) is 1.43. The van der Waals surface area contributed by atoms with E-state index in [1.54, 1.807) is 0 Å². The second-order valence-electron chi connectivity index (χ2n) is 4.67. The largest absolute Gasteiger partial charge is 0.386 e. The molecule has 0 saturated carbocycles. The molecule has 1 unspecified atom stereocenters. The first-order valence-electron chi connectivity index (χ1n) is 5.68. The molecule has 16 heavy (non-hydrogen) atoms. The van der Waals surface area contributed by atoms with Gasteiger partial charge < -0.3 is 15.7 Å². The standard InChI is InChI=1S/C12H15ClN2O/c13-8-1-2-10-9(7-8)11(16)12(15-10)3-5-14-6-4-12/h1-2,7,11,14-16H,3-6H2. The molecule has 86 valence electrons. The molecule has 1 saturated heterocycles. The van der Waals surface area contributed by atoms with Crippen LogP contribution in [-0.2, 0) is 0 Å². The minimum atomic E-state index is -0.441. The Morgan fingerprint density at radius 1 is 1.31 bits per heavy atom. The van der Waals surface area contributed by atoms with Crippen molar-refractivity contribution in [3.8, 4) is 0 Å². The molecular weight excluding hydrogens is 224 g/mol. The number of aliphatic hydroxyl groups is 1. The number of hydrogen-bond donors (Lipinski definition) is 3. The molecule has 1 aromatic carbocycles. The lowest BCUT2D eigenvalue weighted by Gasteiger charge is -2.37. The minimum absolute atomic E-state index is 0.182. The van der Waals surface area contributed by atoms with E-state index < -0.39 is 6.10 Å². The monoisotopic (exact) mass is 238 g/mol. The second kappa shape index (κ2) is 3.62. The zero-order valence-electron chi connectivity index (χ0n) is 8.96. The SMILES string of the molecule is OC1c2cc(Cl)ccc2NC12CCNCC2. The number of aliphatic hydroxyl groups excluding tert-OH is 1. The molecule has 0 aromatic heterocycles. The molecule has 3 rings (SSSR count). The zero-order valence-corrected chi connectivity index (χ0v) is 9.72. The average molecular weight is 239 g/mol. The molecular formula is C12H15ClN2O. The summed E-state index contributed by atoms with van der Waals surface area (Å²) in [5.74, 6) is 0. The molecule has 3 N–H and O–H groups in total. The Labute approximate surface area is 99.8 Å². The van der Waals surface area contributed by atoms with Crippen LogP contribution in [0.15, 0.2) is 18.2 Å². The predicted octanol–water partition coefficient (Wildman–Crippen LogP) is 1.92. The van der Waals surface area contributed by atoms with Crippen LogP contribution in [0, 0.1) is 0 Å². The summed E-state index contributed by atoms with van der Waals surface area (Å²) in [7, 11) is 0. The van der Waals surface area contributed by atoms with E-state index in [0.717, 1.165) is 37.2 Å². The smallest absolute Gasteiger partial charge is 0.104 e. The molecule has 0 amide bonds. The lowest BCUT2D eigenvalue weighted by Crippen LogP contribution is -2.48. The number of fused-ring (bicyclic) bond motifs is 1. The van der Waals surface area contributed by atoms with Crippen molar-refractivity contribution in [1.82, 2.24) is 5.32 Å². The zero-order chi connectivity index (χ0) is 11.2. The number of rotatable bonds is 0. The normalized spacial score (nSPS) is 26.5. The maximum absolute atomic E-state index is 10.4. The molecule has 1 fully saturated rings. The van der Waals surface area contributed by atoms with Crippen LogP contribution in [0.4, 0.5) is 5.69 Å². The topological polar surface area (TPSA) is 44.3 Å². The quantitative estimate of drug-likeness (QED) is 0.647. The van der Waals surface area contributed by atoms with Crippen LogP contribution in [0.2, 0.25) is 5.02 Å². The number of benzene rings is 1. The van der Waals surface area contributed by atoms with Gasteiger partial charge in [-0.1, -0.05) is 11.6 Å². The summed E-state index contributed by atoms with van der Waals surface area (Å²) in [6, 6.07) is 5.68. The second-order valence-corrected chi connectivity index (χ2v) is 5.10. The summed E-state index contributed by atoms with van der Waals surface area (Å²) in [6.45, 7) is 1.90. The van der Waals surface area contributed by atoms with Crippen molar-refractivity contribution in [1.29, 1.82) is 0 Å². The van der Waals surface area contributed by atoms with Crippen molar-refractivity contribution in [2.45, 2.75) is 24.5 Å². The van der Waals surface area contributed by atoms with Gasteiger partial charge in [-0.15, -0.1) is 0 Å². The van der Waals surface area contributed by atoms with Crippen molar-refractivity contribution in [3.63, 3.8) is 0 Å². The van der Waals surface area contributed by atoms with Gasteiger partial charge in [0.1, 0.15) is 6.10 Å². The lowest BCUT2D eigenvalue weighted by molar-refractivity contribution is 0.0873. The number of anilines is 1. The van der Waals surface area contributed by atoms with Gasteiger partial charge in [-0.05, 0) is 44.1 Å². The van der Waals surface area contributed by atoms with Crippen molar-refractivity contribution in [2.75, 3.05) is 18.4 Å². The maximum atomic E-state index is 10.4. The van der Waals surface area contributed by atoms with Crippen molar-refractivity contribution in [2.24, 2.45) is 0 Å². The summed E-state index contributed by atoms with van der Waals surface area (Å²) < 4.78 is 0. The summed E-state index contributed by atoms with van der Waals surface area (Å²) >= 11 is 5.96. The molecule has 2 aliphatic heterocycles. The maximum Gasteiger partial charge on any atom is 0.104 e. The molecule has 3 nitrogen and oxygen atoms in total. The first-order chi connectivity index (χ1) is 7.71. The van der Waals surface area contributed by atoms with E-state index >= 15 is 0 Å².